The third-order valence-electron chi connectivity index (χ3n) is 5.42. The summed E-state index contributed by atoms with van der Waals surface area (Å²) in [5, 5.41) is 16.8. The van der Waals surface area contributed by atoms with Crippen molar-refractivity contribution in [1.82, 2.24) is 15.1 Å². The van der Waals surface area contributed by atoms with Gasteiger partial charge in [-0.25, -0.2) is 0 Å². The van der Waals surface area contributed by atoms with Crippen LogP contribution in [0.5, 0.6) is 17.4 Å². The first-order chi connectivity index (χ1) is 14.6. The summed E-state index contributed by atoms with van der Waals surface area (Å²) in [6.07, 6.45) is 0. The number of nitrogens with one attached hydrogen (secondary N) is 1. The molecule has 2 aromatic rings. The van der Waals surface area contributed by atoms with Crippen LogP contribution in [-0.2, 0) is 4.74 Å². The lowest BCUT2D eigenvalue weighted by atomic mass is 9.84. The van der Waals surface area contributed by atoms with Gasteiger partial charge in [-0.15, -0.1) is 5.10 Å². The Bertz CT molecular complexity index is 988. The number of morpholine rings is 1. The van der Waals surface area contributed by atoms with Crippen molar-refractivity contribution in [1.29, 1.82) is 5.26 Å². The maximum atomic E-state index is 9.70. The van der Waals surface area contributed by atoms with E-state index >= 15 is 0 Å². The summed E-state index contributed by atoms with van der Waals surface area (Å²) in [6, 6.07) is 7.84. The molecule has 3 heterocycles. The van der Waals surface area contributed by atoms with Crippen molar-refractivity contribution in [3.63, 3.8) is 0 Å². The lowest BCUT2D eigenvalue weighted by Gasteiger charge is -2.26. The molecule has 1 atom stereocenters. The fraction of sp³-hybridized carbons (Fsp3) is 0.429. The van der Waals surface area contributed by atoms with E-state index in [1.54, 1.807) is 7.11 Å². The highest BCUT2D eigenvalue weighted by Crippen LogP contribution is 2.44. The van der Waals surface area contributed by atoms with Crippen molar-refractivity contribution in [2.24, 2.45) is 5.73 Å². The molecule has 0 saturated carbocycles. The largest absolute Gasteiger partial charge is 0.493 e. The predicted molar refractivity (Wildman–Crippen MR) is 108 cm³/mol. The molecule has 4 rings (SSSR count). The molecule has 1 aromatic carbocycles. The van der Waals surface area contributed by atoms with Crippen molar-refractivity contribution in [3.05, 3.63) is 46.5 Å². The van der Waals surface area contributed by atoms with Gasteiger partial charge < -0.3 is 24.7 Å². The quantitative estimate of drug-likeness (QED) is 0.737. The molecule has 1 aromatic heterocycles. The molecule has 0 aliphatic carbocycles. The van der Waals surface area contributed by atoms with Gasteiger partial charge in [-0.3, -0.25) is 10.00 Å². The van der Waals surface area contributed by atoms with E-state index in [9.17, 15) is 5.26 Å². The molecule has 0 bridgehead atoms. The lowest BCUT2D eigenvalue weighted by molar-refractivity contribution is 0.0321. The molecule has 9 heteroatoms. The summed E-state index contributed by atoms with van der Waals surface area (Å²) in [7, 11) is 1.60. The lowest BCUT2D eigenvalue weighted by Crippen LogP contribution is -2.38. The number of aromatic amines is 1. The molecular weight excluding hydrogens is 386 g/mol. The first kappa shape index (κ1) is 20.1. The van der Waals surface area contributed by atoms with E-state index < -0.39 is 5.92 Å². The summed E-state index contributed by atoms with van der Waals surface area (Å²) in [5.41, 5.74) is 8.80. The number of aryl methyl sites for hydroxylation is 1. The Morgan fingerprint density at radius 2 is 2.13 bits per heavy atom. The van der Waals surface area contributed by atoms with Gasteiger partial charge in [-0.1, -0.05) is 6.07 Å². The average Bonchev–Trinajstić information content (AvgIpc) is 3.13. The van der Waals surface area contributed by atoms with Crippen LogP contribution in [0.25, 0.3) is 0 Å². The normalized spacial score (nSPS) is 19.0. The second-order valence-electron chi connectivity index (χ2n) is 7.21. The van der Waals surface area contributed by atoms with Crippen LogP contribution in [0.3, 0.4) is 0 Å². The van der Waals surface area contributed by atoms with Crippen LogP contribution in [0.2, 0.25) is 0 Å². The summed E-state index contributed by atoms with van der Waals surface area (Å²) in [4.78, 5) is 2.31. The summed E-state index contributed by atoms with van der Waals surface area (Å²) >= 11 is 0. The Balaban J connectivity index is 1.57. The van der Waals surface area contributed by atoms with Gasteiger partial charge in [0.2, 0.25) is 11.8 Å². The number of benzene rings is 1. The molecular formula is C21H25N5O4. The van der Waals surface area contributed by atoms with Gasteiger partial charge >= 0.3 is 0 Å². The second-order valence-corrected chi connectivity index (χ2v) is 7.21. The minimum atomic E-state index is -0.395. The van der Waals surface area contributed by atoms with Crippen molar-refractivity contribution in [2.75, 3.05) is 46.6 Å². The highest BCUT2D eigenvalue weighted by molar-refractivity contribution is 5.57. The molecule has 2 aliphatic rings. The molecule has 9 nitrogen and oxygen atoms in total. The van der Waals surface area contributed by atoms with Crippen LogP contribution in [0.1, 0.15) is 22.7 Å². The number of rotatable bonds is 6. The number of fused-ring (bicyclic) bond motifs is 1. The van der Waals surface area contributed by atoms with Crippen LogP contribution in [-0.4, -0.2) is 61.7 Å². The monoisotopic (exact) mass is 411 g/mol. The van der Waals surface area contributed by atoms with E-state index in [-0.39, 0.29) is 5.88 Å². The fourth-order valence-electron chi connectivity index (χ4n) is 3.82. The topological polar surface area (TPSA) is 119 Å². The smallest absolute Gasteiger partial charge is 0.244 e. The average molecular weight is 411 g/mol. The third-order valence-corrected chi connectivity index (χ3v) is 5.42. The zero-order chi connectivity index (χ0) is 21.1. The predicted octanol–water partition coefficient (Wildman–Crippen LogP) is 1.66. The van der Waals surface area contributed by atoms with Crippen molar-refractivity contribution >= 4 is 0 Å². The molecule has 1 unspecified atom stereocenters. The number of ether oxygens (including phenoxy) is 4. The van der Waals surface area contributed by atoms with E-state index in [2.05, 4.69) is 21.2 Å². The number of nitriles is 1. The van der Waals surface area contributed by atoms with E-state index in [0.717, 1.165) is 49.7 Å². The zero-order valence-corrected chi connectivity index (χ0v) is 17.1. The standard InChI is InChI=1S/C21H25N5O4/c1-13-18-19(15(12-22)20(23)30-21(18)25-24-13)14-3-4-16(17(11-14)27-2)29-10-7-26-5-8-28-9-6-26/h3-4,11,19H,5-10,23H2,1-2H3,(H,24,25). The Morgan fingerprint density at radius 1 is 1.33 bits per heavy atom. The van der Waals surface area contributed by atoms with Crippen LogP contribution >= 0.6 is 0 Å². The molecule has 3 N–H and O–H groups in total. The first-order valence-corrected chi connectivity index (χ1v) is 9.85. The minimum absolute atomic E-state index is 0.0614. The number of methoxy groups -OCH3 is 1. The molecule has 1 saturated heterocycles. The van der Waals surface area contributed by atoms with Gasteiger partial charge in [0.25, 0.3) is 0 Å². The molecule has 158 valence electrons. The number of allylic oxidation sites excluding steroid dienone is 1. The van der Waals surface area contributed by atoms with Crippen LogP contribution in [0, 0.1) is 18.3 Å². The number of hydrogen-bond acceptors (Lipinski definition) is 8. The molecule has 1 fully saturated rings. The van der Waals surface area contributed by atoms with Gasteiger partial charge in [0, 0.05) is 30.9 Å². The Kier molecular flexibility index (Phi) is 5.79. The van der Waals surface area contributed by atoms with Gasteiger partial charge in [0.05, 0.1) is 26.2 Å². The summed E-state index contributed by atoms with van der Waals surface area (Å²) in [6.45, 7) is 6.62. The zero-order valence-electron chi connectivity index (χ0n) is 17.1. The van der Waals surface area contributed by atoms with Crippen molar-refractivity contribution < 1.29 is 18.9 Å². The summed E-state index contributed by atoms with van der Waals surface area (Å²) < 4.78 is 22.4. The molecule has 30 heavy (non-hydrogen) atoms. The fourth-order valence-corrected chi connectivity index (χ4v) is 3.82. The van der Waals surface area contributed by atoms with E-state index in [0.29, 0.717) is 29.6 Å². The van der Waals surface area contributed by atoms with Crippen LogP contribution in [0.15, 0.2) is 29.7 Å². The van der Waals surface area contributed by atoms with Gasteiger partial charge in [-0.05, 0) is 24.6 Å². The van der Waals surface area contributed by atoms with E-state index in [1.807, 2.05) is 25.1 Å². The van der Waals surface area contributed by atoms with Gasteiger partial charge in [0.1, 0.15) is 18.2 Å². The minimum Gasteiger partial charge on any atom is -0.493 e. The number of H-pyrrole nitrogens is 1. The Hall–Kier alpha value is -3.22. The maximum absolute atomic E-state index is 9.70. The Labute approximate surface area is 175 Å². The number of aromatic nitrogens is 2. The number of hydrogen-bond donors (Lipinski definition) is 2. The van der Waals surface area contributed by atoms with Crippen LogP contribution < -0.4 is 19.9 Å². The third kappa shape index (κ3) is 3.79. The highest BCUT2D eigenvalue weighted by Gasteiger charge is 2.34. The molecule has 0 spiro atoms. The van der Waals surface area contributed by atoms with Gasteiger partial charge in [0.15, 0.2) is 11.5 Å². The molecule has 0 amide bonds. The Morgan fingerprint density at radius 3 is 2.87 bits per heavy atom. The molecule has 0 radical (unpaired) electrons. The maximum Gasteiger partial charge on any atom is 0.244 e. The second kappa shape index (κ2) is 8.65. The summed E-state index contributed by atoms with van der Waals surface area (Å²) in [5.74, 6) is 1.31. The highest BCUT2D eigenvalue weighted by atomic mass is 16.5. The molecule has 2 aliphatic heterocycles. The van der Waals surface area contributed by atoms with E-state index in [1.165, 1.54) is 0 Å². The van der Waals surface area contributed by atoms with Crippen molar-refractivity contribution in [2.45, 2.75) is 12.8 Å². The SMILES string of the molecule is COc1cc(C2C(C#N)=C(N)Oc3n[nH]c(C)c32)ccc1OCCN1CCOCC1. The van der Waals surface area contributed by atoms with Gasteiger partial charge in [-0.2, -0.15) is 5.26 Å². The number of nitrogens with zero attached hydrogens (tertiary/aromatic N) is 3. The van der Waals surface area contributed by atoms with Crippen LogP contribution in [0.4, 0.5) is 0 Å². The number of nitrogens with two attached hydrogens (primary N) is 1. The first-order valence-electron chi connectivity index (χ1n) is 9.85. The van der Waals surface area contributed by atoms with E-state index in [4.69, 9.17) is 24.7 Å². The van der Waals surface area contributed by atoms with Crippen molar-refractivity contribution in [3.8, 4) is 23.4 Å².